The lowest BCUT2D eigenvalue weighted by Crippen LogP contribution is -1.88. The van der Waals surface area contributed by atoms with Crippen molar-refractivity contribution in [1.82, 2.24) is 4.98 Å². The van der Waals surface area contributed by atoms with Crippen LogP contribution in [0.5, 0.6) is 0 Å². The van der Waals surface area contributed by atoms with E-state index in [1.165, 1.54) is 0 Å². The molecule has 0 saturated carbocycles. The van der Waals surface area contributed by atoms with E-state index in [9.17, 15) is 0 Å². The number of aromatic nitrogens is 1. The second-order valence-corrected chi connectivity index (χ2v) is 4.29. The van der Waals surface area contributed by atoms with E-state index >= 15 is 0 Å². The van der Waals surface area contributed by atoms with Gasteiger partial charge in [0.15, 0.2) is 0 Å². The van der Waals surface area contributed by atoms with Crippen LogP contribution in [0.25, 0.3) is 10.9 Å². The molecule has 1 heterocycles. The number of hydrogen-bond acceptors (Lipinski definition) is 1. The van der Waals surface area contributed by atoms with Gasteiger partial charge >= 0.3 is 0 Å². The highest BCUT2D eigenvalue weighted by Gasteiger charge is 2.08. The summed E-state index contributed by atoms with van der Waals surface area (Å²) < 4.78 is 0. The first-order valence-electron chi connectivity index (χ1n) is 4.78. The van der Waals surface area contributed by atoms with Crippen molar-refractivity contribution in [3.63, 3.8) is 0 Å². The highest BCUT2D eigenvalue weighted by Crippen LogP contribution is 2.30. The third kappa shape index (κ3) is 2.12. The zero-order chi connectivity index (χ0) is 10.8. The summed E-state index contributed by atoms with van der Waals surface area (Å²) in [5, 5.41) is 11.1. The Morgan fingerprint density at radius 3 is 2.80 bits per heavy atom. The number of rotatable bonds is 3. The zero-order valence-electron chi connectivity index (χ0n) is 8.06. The topological polar surface area (TPSA) is 36.0 Å². The smallest absolute Gasteiger partial charge is 0.0517 e. The van der Waals surface area contributed by atoms with Crippen molar-refractivity contribution >= 4 is 34.1 Å². The lowest BCUT2D eigenvalue weighted by molar-refractivity contribution is 0.289. The molecule has 0 spiro atoms. The van der Waals surface area contributed by atoms with Crippen molar-refractivity contribution < 1.29 is 5.11 Å². The molecule has 0 fully saturated rings. The van der Waals surface area contributed by atoms with Gasteiger partial charge in [-0.05, 0) is 30.5 Å². The Labute approximate surface area is 97.8 Å². The number of aryl methyl sites for hydroxylation is 1. The van der Waals surface area contributed by atoms with E-state index in [0.717, 1.165) is 29.3 Å². The Morgan fingerprint density at radius 1 is 1.27 bits per heavy atom. The van der Waals surface area contributed by atoms with Crippen molar-refractivity contribution in [2.24, 2.45) is 0 Å². The average Bonchev–Trinajstić information content (AvgIpc) is 2.58. The monoisotopic (exact) mass is 243 g/mol. The van der Waals surface area contributed by atoms with Crippen LogP contribution < -0.4 is 0 Å². The number of halogens is 2. The van der Waals surface area contributed by atoms with Crippen molar-refractivity contribution in [3.8, 4) is 0 Å². The van der Waals surface area contributed by atoms with Crippen molar-refractivity contribution in [1.29, 1.82) is 0 Å². The number of benzene rings is 1. The molecule has 1 aromatic carbocycles. The van der Waals surface area contributed by atoms with Gasteiger partial charge in [0.1, 0.15) is 0 Å². The van der Waals surface area contributed by atoms with Crippen LogP contribution in [0.2, 0.25) is 10.0 Å². The maximum atomic E-state index is 8.79. The number of aliphatic hydroxyl groups is 1. The predicted octanol–water partition coefficient (Wildman–Crippen LogP) is 3.40. The SMILES string of the molecule is OCCCc1c[nH]c2cc(Cl)cc(Cl)c12. The number of H-pyrrole nitrogens is 1. The molecule has 0 atom stereocenters. The molecule has 80 valence electrons. The van der Waals surface area contributed by atoms with Gasteiger partial charge in [-0.25, -0.2) is 0 Å². The summed E-state index contributed by atoms with van der Waals surface area (Å²) >= 11 is 12.0. The Balaban J connectivity index is 2.49. The summed E-state index contributed by atoms with van der Waals surface area (Å²) in [6, 6.07) is 3.59. The maximum absolute atomic E-state index is 8.79. The molecule has 2 N–H and O–H groups in total. The number of aromatic amines is 1. The summed E-state index contributed by atoms with van der Waals surface area (Å²) in [5.41, 5.74) is 2.07. The minimum atomic E-state index is 0.192. The van der Waals surface area contributed by atoms with Gasteiger partial charge in [0.25, 0.3) is 0 Å². The minimum absolute atomic E-state index is 0.192. The van der Waals surface area contributed by atoms with Gasteiger partial charge in [-0.3, -0.25) is 0 Å². The Bertz CT molecular complexity index is 479. The lowest BCUT2D eigenvalue weighted by atomic mass is 10.1. The second-order valence-electron chi connectivity index (χ2n) is 3.45. The Kier molecular flexibility index (Phi) is 3.19. The van der Waals surface area contributed by atoms with Gasteiger partial charge in [-0.2, -0.15) is 0 Å². The van der Waals surface area contributed by atoms with Gasteiger partial charge < -0.3 is 10.1 Å². The molecule has 0 aliphatic rings. The fourth-order valence-corrected chi connectivity index (χ4v) is 2.33. The molecular formula is C11H11Cl2NO. The highest BCUT2D eigenvalue weighted by atomic mass is 35.5. The number of fused-ring (bicyclic) bond motifs is 1. The Morgan fingerprint density at radius 2 is 2.07 bits per heavy atom. The Hall–Kier alpha value is -0.700. The van der Waals surface area contributed by atoms with E-state index in [4.69, 9.17) is 28.3 Å². The van der Waals surface area contributed by atoms with Crippen LogP contribution in [0.15, 0.2) is 18.3 Å². The van der Waals surface area contributed by atoms with Crippen LogP contribution in [-0.4, -0.2) is 16.7 Å². The molecule has 0 unspecified atom stereocenters. The third-order valence-electron chi connectivity index (χ3n) is 2.38. The van der Waals surface area contributed by atoms with Crippen LogP contribution in [0.4, 0.5) is 0 Å². The van der Waals surface area contributed by atoms with Crippen LogP contribution in [0, 0.1) is 0 Å². The zero-order valence-corrected chi connectivity index (χ0v) is 9.57. The van der Waals surface area contributed by atoms with E-state index in [1.807, 2.05) is 12.3 Å². The molecule has 0 bridgehead atoms. The van der Waals surface area contributed by atoms with Gasteiger partial charge in [0, 0.05) is 28.7 Å². The van der Waals surface area contributed by atoms with Gasteiger partial charge in [-0.15, -0.1) is 0 Å². The first-order chi connectivity index (χ1) is 7.22. The van der Waals surface area contributed by atoms with Crippen LogP contribution >= 0.6 is 23.2 Å². The fraction of sp³-hybridized carbons (Fsp3) is 0.273. The molecule has 2 aromatic rings. The third-order valence-corrected chi connectivity index (χ3v) is 2.90. The molecule has 0 aliphatic heterocycles. The van der Waals surface area contributed by atoms with Crippen LogP contribution in [0.1, 0.15) is 12.0 Å². The lowest BCUT2D eigenvalue weighted by Gasteiger charge is -2.00. The van der Waals surface area contributed by atoms with E-state index in [-0.39, 0.29) is 6.61 Å². The molecule has 2 rings (SSSR count). The maximum Gasteiger partial charge on any atom is 0.0517 e. The molecule has 0 aliphatic carbocycles. The van der Waals surface area contributed by atoms with E-state index in [1.54, 1.807) is 6.07 Å². The van der Waals surface area contributed by atoms with E-state index in [0.29, 0.717) is 10.0 Å². The quantitative estimate of drug-likeness (QED) is 0.852. The van der Waals surface area contributed by atoms with Crippen LogP contribution in [-0.2, 0) is 6.42 Å². The van der Waals surface area contributed by atoms with Crippen molar-refractivity contribution in [2.45, 2.75) is 12.8 Å². The van der Waals surface area contributed by atoms with E-state index < -0.39 is 0 Å². The number of hydrogen-bond donors (Lipinski definition) is 2. The van der Waals surface area contributed by atoms with Crippen molar-refractivity contribution in [3.05, 3.63) is 33.9 Å². The first kappa shape index (κ1) is 10.8. The fourth-order valence-electron chi connectivity index (χ4n) is 1.72. The largest absolute Gasteiger partial charge is 0.396 e. The molecule has 2 nitrogen and oxygen atoms in total. The molecule has 0 saturated heterocycles. The summed E-state index contributed by atoms with van der Waals surface area (Å²) in [4.78, 5) is 3.13. The minimum Gasteiger partial charge on any atom is -0.396 e. The molecular weight excluding hydrogens is 233 g/mol. The summed E-state index contributed by atoms with van der Waals surface area (Å²) in [6.45, 7) is 0.192. The van der Waals surface area contributed by atoms with Gasteiger partial charge in [0.2, 0.25) is 0 Å². The molecule has 15 heavy (non-hydrogen) atoms. The van der Waals surface area contributed by atoms with Crippen molar-refractivity contribution in [2.75, 3.05) is 6.61 Å². The number of nitrogens with one attached hydrogen (secondary N) is 1. The normalized spacial score (nSPS) is 11.1. The summed E-state index contributed by atoms with van der Waals surface area (Å²) in [7, 11) is 0. The second kappa shape index (κ2) is 4.44. The molecule has 0 radical (unpaired) electrons. The van der Waals surface area contributed by atoms with Crippen LogP contribution in [0.3, 0.4) is 0 Å². The molecule has 1 aromatic heterocycles. The first-order valence-corrected chi connectivity index (χ1v) is 5.54. The summed E-state index contributed by atoms with van der Waals surface area (Å²) in [6.07, 6.45) is 3.48. The van der Waals surface area contributed by atoms with Gasteiger partial charge in [-0.1, -0.05) is 23.2 Å². The van der Waals surface area contributed by atoms with Gasteiger partial charge in [0.05, 0.1) is 5.02 Å². The predicted molar refractivity (Wildman–Crippen MR) is 63.7 cm³/mol. The van der Waals surface area contributed by atoms with E-state index in [2.05, 4.69) is 4.98 Å². The standard InChI is InChI=1S/C11H11Cl2NO/c12-8-4-9(13)11-7(2-1-3-15)6-14-10(11)5-8/h4-6,14-15H,1-3H2. The summed E-state index contributed by atoms with van der Waals surface area (Å²) in [5.74, 6) is 0. The molecule has 0 amide bonds. The highest BCUT2D eigenvalue weighted by molar-refractivity contribution is 6.38. The number of aliphatic hydroxyl groups excluding tert-OH is 1. The molecule has 4 heteroatoms. The average molecular weight is 244 g/mol.